The van der Waals surface area contributed by atoms with Gasteiger partial charge in [-0.2, -0.15) is 0 Å². The van der Waals surface area contributed by atoms with E-state index in [9.17, 15) is 4.79 Å². The highest BCUT2D eigenvalue weighted by Gasteiger charge is 2.06. The minimum atomic E-state index is 0.113. The molecule has 0 saturated heterocycles. The molecule has 82 valence electrons. The van der Waals surface area contributed by atoms with Crippen LogP contribution in [-0.4, -0.2) is 47.5 Å². The van der Waals surface area contributed by atoms with Gasteiger partial charge in [-0.1, -0.05) is 0 Å². The second kappa shape index (κ2) is 6.27. The van der Waals surface area contributed by atoms with Gasteiger partial charge in [-0.05, 0) is 19.2 Å². The van der Waals surface area contributed by atoms with Crippen LogP contribution in [0.5, 0.6) is 0 Å². The summed E-state index contributed by atoms with van der Waals surface area (Å²) in [7, 11) is 1.88. The first kappa shape index (κ1) is 11.8. The largest absolute Gasteiger partial charge is 0.395 e. The molecule has 0 bridgehead atoms. The van der Waals surface area contributed by atoms with Crippen molar-refractivity contribution in [2.75, 3.05) is 26.7 Å². The van der Waals surface area contributed by atoms with Crippen molar-refractivity contribution in [2.24, 2.45) is 0 Å². The zero-order valence-electron chi connectivity index (χ0n) is 8.89. The molecular formula is C11H16N2O2. The Balaban J connectivity index is 2.37. The number of carbonyl (C=O) groups excluding carboxylic acids is 1. The van der Waals surface area contributed by atoms with Crippen molar-refractivity contribution < 1.29 is 9.90 Å². The molecule has 0 radical (unpaired) electrons. The van der Waals surface area contributed by atoms with Gasteiger partial charge in [0.15, 0.2) is 5.78 Å². The maximum Gasteiger partial charge on any atom is 0.164 e. The number of nitrogens with zero attached hydrogens (tertiary/aromatic N) is 2. The summed E-state index contributed by atoms with van der Waals surface area (Å²) in [5.41, 5.74) is 0.697. The lowest BCUT2D eigenvalue weighted by Gasteiger charge is -2.13. The third-order valence-electron chi connectivity index (χ3n) is 2.20. The van der Waals surface area contributed by atoms with Crippen LogP contribution in [-0.2, 0) is 0 Å². The molecule has 0 atom stereocenters. The first-order chi connectivity index (χ1) is 7.24. The van der Waals surface area contributed by atoms with Crippen molar-refractivity contribution >= 4 is 5.78 Å². The first-order valence-electron chi connectivity index (χ1n) is 4.96. The van der Waals surface area contributed by atoms with Gasteiger partial charge in [0.25, 0.3) is 0 Å². The second-order valence-electron chi connectivity index (χ2n) is 3.44. The quantitative estimate of drug-likeness (QED) is 0.695. The van der Waals surface area contributed by atoms with E-state index in [1.54, 1.807) is 24.5 Å². The van der Waals surface area contributed by atoms with Crippen molar-refractivity contribution in [3.63, 3.8) is 0 Å². The van der Waals surface area contributed by atoms with E-state index < -0.39 is 0 Å². The van der Waals surface area contributed by atoms with Crippen LogP contribution in [0, 0.1) is 0 Å². The number of hydrogen-bond acceptors (Lipinski definition) is 4. The number of Topliss-reactive ketones (excluding diaryl/α,β-unsaturated/α-hetero) is 1. The summed E-state index contributed by atoms with van der Waals surface area (Å²) < 4.78 is 0. The Hall–Kier alpha value is -1.26. The van der Waals surface area contributed by atoms with E-state index in [1.807, 2.05) is 11.9 Å². The van der Waals surface area contributed by atoms with Crippen LogP contribution >= 0.6 is 0 Å². The Morgan fingerprint density at radius 3 is 2.67 bits per heavy atom. The first-order valence-corrected chi connectivity index (χ1v) is 4.96. The highest BCUT2D eigenvalue weighted by molar-refractivity contribution is 5.95. The Morgan fingerprint density at radius 1 is 1.40 bits per heavy atom. The number of ketones is 1. The van der Waals surface area contributed by atoms with Crippen molar-refractivity contribution in [3.8, 4) is 0 Å². The molecule has 1 aromatic rings. The zero-order chi connectivity index (χ0) is 11.1. The van der Waals surface area contributed by atoms with Gasteiger partial charge in [0.05, 0.1) is 6.61 Å². The molecule has 0 aliphatic carbocycles. The smallest absolute Gasteiger partial charge is 0.164 e. The third-order valence-corrected chi connectivity index (χ3v) is 2.20. The minimum absolute atomic E-state index is 0.113. The predicted octanol–water partition coefficient (Wildman–Crippen LogP) is 0.578. The lowest BCUT2D eigenvalue weighted by Crippen LogP contribution is -2.24. The van der Waals surface area contributed by atoms with E-state index in [4.69, 9.17) is 5.11 Å². The predicted molar refractivity (Wildman–Crippen MR) is 57.8 cm³/mol. The zero-order valence-corrected chi connectivity index (χ0v) is 8.89. The molecule has 15 heavy (non-hydrogen) atoms. The molecule has 0 aromatic carbocycles. The summed E-state index contributed by atoms with van der Waals surface area (Å²) in [5, 5.41) is 8.68. The molecule has 0 fully saturated rings. The topological polar surface area (TPSA) is 53.4 Å². The molecule has 0 amide bonds. The molecule has 0 spiro atoms. The van der Waals surface area contributed by atoms with Crippen LogP contribution in [0.25, 0.3) is 0 Å². The van der Waals surface area contributed by atoms with Crippen molar-refractivity contribution in [1.29, 1.82) is 0 Å². The molecule has 4 nitrogen and oxygen atoms in total. The Kier molecular flexibility index (Phi) is 4.93. The fourth-order valence-corrected chi connectivity index (χ4v) is 1.26. The SMILES string of the molecule is CN(CCO)CCC(=O)c1ccncc1. The summed E-state index contributed by atoms with van der Waals surface area (Å²) >= 11 is 0. The van der Waals surface area contributed by atoms with Gasteiger partial charge in [0.1, 0.15) is 0 Å². The number of aliphatic hydroxyl groups excluding tert-OH is 1. The lowest BCUT2D eigenvalue weighted by atomic mass is 10.1. The van der Waals surface area contributed by atoms with Gasteiger partial charge >= 0.3 is 0 Å². The maximum atomic E-state index is 11.6. The van der Waals surface area contributed by atoms with Gasteiger partial charge < -0.3 is 10.0 Å². The number of rotatable bonds is 6. The van der Waals surface area contributed by atoms with Gasteiger partial charge in [-0.25, -0.2) is 0 Å². The van der Waals surface area contributed by atoms with Crippen LogP contribution in [0.4, 0.5) is 0 Å². The number of carbonyl (C=O) groups is 1. The van der Waals surface area contributed by atoms with Gasteiger partial charge in [-0.15, -0.1) is 0 Å². The third kappa shape index (κ3) is 4.18. The Bertz CT molecular complexity index is 301. The van der Waals surface area contributed by atoms with Crippen molar-refractivity contribution in [3.05, 3.63) is 30.1 Å². The highest BCUT2D eigenvalue weighted by atomic mass is 16.3. The van der Waals surface area contributed by atoms with E-state index in [0.29, 0.717) is 25.1 Å². The Morgan fingerprint density at radius 2 is 2.07 bits per heavy atom. The monoisotopic (exact) mass is 208 g/mol. The molecule has 0 aliphatic heterocycles. The van der Waals surface area contributed by atoms with Crippen molar-refractivity contribution in [2.45, 2.75) is 6.42 Å². The lowest BCUT2D eigenvalue weighted by molar-refractivity contribution is 0.0964. The minimum Gasteiger partial charge on any atom is -0.395 e. The molecule has 1 heterocycles. The van der Waals surface area contributed by atoms with E-state index in [2.05, 4.69) is 4.98 Å². The van der Waals surface area contributed by atoms with Gasteiger partial charge in [0.2, 0.25) is 0 Å². The normalized spacial score (nSPS) is 10.6. The van der Waals surface area contributed by atoms with Gasteiger partial charge in [0, 0.05) is 37.5 Å². The average Bonchev–Trinajstić information content (AvgIpc) is 2.27. The summed E-state index contributed by atoms with van der Waals surface area (Å²) in [6, 6.07) is 3.43. The number of hydrogen-bond donors (Lipinski definition) is 1. The number of pyridine rings is 1. The van der Waals surface area contributed by atoms with Crippen LogP contribution in [0.3, 0.4) is 0 Å². The highest BCUT2D eigenvalue weighted by Crippen LogP contribution is 2.01. The van der Waals surface area contributed by atoms with Crippen LogP contribution in [0.1, 0.15) is 16.8 Å². The summed E-state index contributed by atoms with van der Waals surface area (Å²) in [6.45, 7) is 1.39. The summed E-state index contributed by atoms with van der Waals surface area (Å²) in [4.78, 5) is 17.4. The molecule has 1 aromatic heterocycles. The second-order valence-corrected chi connectivity index (χ2v) is 3.44. The number of aromatic nitrogens is 1. The molecule has 1 N–H and O–H groups in total. The molecule has 0 unspecified atom stereocenters. The number of likely N-dealkylation sites (N-methyl/N-ethyl adjacent to an activating group) is 1. The molecule has 4 heteroatoms. The van der Waals surface area contributed by atoms with Crippen LogP contribution in [0.15, 0.2) is 24.5 Å². The Labute approximate surface area is 89.6 Å². The fraction of sp³-hybridized carbons (Fsp3) is 0.455. The standard InChI is InChI=1S/C11H16N2O2/c1-13(8-9-14)7-4-11(15)10-2-5-12-6-3-10/h2-3,5-6,14H,4,7-9H2,1H3. The van der Waals surface area contributed by atoms with E-state index in [1.165, 1.54) is 0 Å². The average molecular weight is 208 g/mol. The van der Waals surface area contributed by atoms with Gasteiger partial charge in [-0.3, -0.25) is 9.78 Å². The molecule has 0 aliphatic rings. The molecule has 0 saturated carbocycles. The summed E-state index contributed by atoms with van der Waals surface area (Å²) in [6.07, 6.45) is 3.70. The number of aliphatic hydroxyl groups is 1. The van der Waals surface area contributed by atoms with Crippen LogP contribution in [0.2, 0.25) is 0 Å². The van der Waals surface area contributed by atoms with Crippen molar-refractivity contribution in [1.82, 2.24) is 9.88 Å². The fourth-order valence-electron chi connectivity index (χ4n) is 1.26. The van der Waals surface area contributed by atoms with E-state index >= 15 is 0 Å². The van der Waals surface area contributed by atoms with E-state index in [-0.39, 0.29) is 12.4 Å². The van der Waals surface area contributed by atoms with Crippen LogP contribution < -0.4 is 0 Å². The maximum absolute atomic E-state index is 11.6. The van der Waals surface area contributed by atoms with E-state index in [0.717, 1.165) is 0 Å². The molecule has 1 rings (SSSR count). The molecular weight excluding hydrogens is 192 g/mol. The summed E-state index contributed by atoms with van der Waals surface area (Å²) in [5.74, 6) is 0.113.